The molecule has 0 spiro atoms. The summed E-state index contributed by atoms with van der Waals surface area (Å²) in [6.45, 7) is 2.00. The monoisotopic (exact) mass is 348 g/mol. The number of pyridine rings is 1. The Kier molecular flexibility index (Phi) is 3.14. The maximum atomic E-state index is 12.9. The fraction of sp³-hybridized carbons (Fsp3) is 0.647. The molecule has 4 heteroatoms. The van der Waals surface area contributed by atoms with Crippen LogP contribution in [0.25, 0.3) is 0 Å². The topological polar surface area (TPSA) is 42.0 Å². The second-order valence-electron chi connectivity index (χ2n) is 7.48. The number of aryl methyl sites for hydroxylation is 1. The van der Waals surface area contributed by atoms with Crippen molar-refractivity contribution in [1.82, 2.24) is 4.98 Å². The van der Waals surface area contributed by atoms with Crippen molar-refractivity contribution in [3.05, 3.63) is 22.4 Å². The van der Waals surface area contributed by atoms with Crippen LogP contribution in [0.4, 0.5) is 5.69 Å². The summed E-state index contributed by atoms with van der Waals surface area (Å²) in [4.78, 5) is 17.2. The van der Waals surface area contributed by atoms with Crippen molar-refractivity contribution in [2.24, 2.45) is 23.2 Å². The Morgan fingerprint density at radius 3 is 2.33 bits per heavy atom. The third-order valence-electron chi connectivity index (χ3n) is 5.79. The van der Waals surface area contributed by atoms with E-state index in [4.69, 9.17) is 0 Å². The number of carbonyl (C=O) groups is 1. The van der Waals surface area contributed by atoms with Crippen molar-refractivity contribution in [2.75, 3.05) is 5.32 Å². The normalized spacial score (nSPS) is 36.8. The van der Waals surface area contributed by atoms with Gasteiger partial charge in [-0.05, 0) is 90.8 Å². The van der Waals surface area contributed by atoms with E-state index >= 15 is 0 Å². The van der Waals surface area contributed by atoms with E-state index in [1.165, 1.54) is 19.3 Å². The van der Waals surface area contributed by atoms with Gasteiger partial charge in [0.15, 0.2) is 0 Å². The quantitative estimate of drug-likeness (QED) is 0.809. The van der Waals surface area contributed by atoms with Crippen LogP contribution < -0.4 is 5.32 Å². The Morgan fingerprint density at radius 1 is 1.24 bits per heavy atom. The fourth-order valence-electron chi connectivity index (χ4n) is 5.28. The van der Waals surface area contributed by atoms with Gasteiger partial charge < -0.3 is 5.32 Å². The lowest BCUT2D eigenvalue weighted by Crippen LogP contribution is -2.51. The van der Waals surface area contributed by atoms with E-state index in [9.17, 15) is 4.79 Å². The van der Waals surface area contributed by atoms with E-state index in [2.05, 4.69) is 26.2 Å². The molecule has 4 aliphatic carbocycles. The van der Waals surface area contributed by atoms with Gasteiger partial charge in [0.05, 0.1) is 17.3 Å². The van der Waals surface area contributed by atoms with Crippen LogP contribution in [0.15, 0.2) is 16.9 Å². The average molecular weight is 349 g/mol. The van der Waals surface area contributed by atoms with Crippen molar-refractivity contribution in [2.45, 2.75) is 45.4 Å². The first kappa shape index (κ1) is 13.7. The van der Waals surface area contributed by atoms with Gasteiger partial charge in [-0.25, -0.2) is 4.98 Å². The van der Waals surface area contributed by atoms with Crippen molar-refractivity contribution in [3.8, 4) is 0 Å². The lowest BCUT2D eigenvalue weighted by molar-refractivity contribution is -0.140. The zero-order valence-electron chi connectivity index (χ0n) is 12.4. The molecule has 0 atom stereocenters. The molecule has 4 bridgehead atoms. The second kappa shape index (κ2) is 4.80. The molecule has 4 saturated carbocycles. The molecule has 1 N–H and O–H groups in total. The third kappa shape index (κ3) is 2.32. The van der Waals surface area contributed by atoms with Gasteiger partial charge in [-0.1, -0.05) is 0 Å². The molecule has 3 nitrogen and oxygen atoms in total. The summed E-state index contributed by atoms with van der Waals surface area (Å²) in [6.07, 6.45) is 9.16. The third-order valence-corrected chi connectivity index (χ3v) is 6.62. The summed E-state index contributed by atoms with van der Waals surface area (Å²) in [6, 6.07) is 2.00. The van der Waals surface area contributed by atoms with Crippen molar-refractivity contribution in [1.29, 1.82) is 0 Å². The molecule has 0 aromatic carbocycles. The number of nitrogens with one attached hydrogen (secondary N) is 1. The van der Waals surface area contributed by atoms with Gasteiger partial charge in [0.1, 0.15) is 4.60 Å². The molecule has 112 valence electrons. The number of hydrogen-bond donors (Lipinski definition) is 1. The summed E-state index contributed by atoms with van der Waals surface area (Å²) in [5, 5.41) is 3.14. The summed E-state index contributed by atoms with van der Waals surface area (Å²) in [7, 11) is 0. The van der Waals surface area contributed by atoms with Crippen LogP contribution in [-0.4, -0.2) is 10.9 Å². The molecule has 1 aromatic heterocycles. The highest BCUT2D eigenvalue weighted by Crippen LogP contribution is 2.60. The largest absolute Gasteiger partial charge is 0.324 e. The number of halogens is 1. The number of amides is 1. The molecule has 0 aliphatic heterocycles. The molecule has 5 rings (SSSR count). The molecule has 4 aliphatic rings. The van der Waals surface area contributed by atoms with Gasteiger partial charge in [0, 0.05) is 0 Å². The van der Waals surface area contributed by atoms with Crippen molar-refractivity contribution >= 4 is 27.5 Å². The van der Waals surface area contributed by atoms with Gasteiger partial charge in [-0.15, -0.1) is 0 Å². The summed E-state index contributed by atoms with van der Waals surface area (Å²) < 4.78 is 0.843. The number of hydrogen-bond acceptors (Lipinski definition) is 2. The van der Waals surface area contributed by atoms with Gasteiger partial charge in [0.25, 0.3) is 0 Å². The highest BCUT2D eigenvalue weighted by molar-refractivity contribution is 9.10. The Labute approximate surface area is 134 Å². The molecule has 1 amide bonds. The first-order valence-electron chi connectivity index (χ1n) is 7.98. The van der Waals surface area contributed by atoms with Crippen molar-refractivity contribution in [3.63, 3.8) is 0 Å². The van der Waals surface area contributed by atoms with Gasteiger partial charge >= 0.3 is 0 Å². The lowest BCUT2D eigenvalue weighted by Gasteiger charge is -2.55. The summed E-state index contributed by atoms with van der Waals surface area (Å²) in [5.74, 6) is 2.63. The molecule has 0 radical (unpaired) electrons. The minimum atomic E-state index is -0.0876. The number of carbonyl (C=O) groups excluding carboxylic acids is 1. The Balaban J connectivity index is 1.56. The van der Waals surface area contributed by atoms with Crippen LogP contribution in [0, 0.1) is 30.1 Å². The van der Waals surface area contributed by atoms with Crippen LogP contribution in [0.1, 0.15) is 44.1 Å². The summed E-state index contributed by atoms with van der Waals surface area (Å²) in [5.41, 5.74) is 1.80. The first-order valence-corrected chi connectivity index (χ1v) is 8.77. The van der Waals surface area contributed by atoms with E-state index in [0.29, 0.717) is 0 Å². The maximum absolute atomic E-state index is 12.9. The van der Waals surface area contributed by atoms with E-state index in [-0.39, 0.29) is 11.3 Å². The van der Waals surface area contributed by atoms with Crippen LogP contribution in [-0.2, 0) is 4.79 Å². The molecular weight excluding hydrogens is 328 g/mol. The highest BCUT2D eigenvalue weighted by Gasteiger charge is 2.54. The number of nitrogens with zero attached hydrogens (tertiary/aromatic N) is 1. The van der Waals surface area contributed by atoms with E-state index < -0.39 is 0 Å². The molecule has 4 fully saturated rings. The van der Waals surface area contributed by atoms with Crippen LogP contribution in [0.5, 0.6) is 0 Å². The van der Waals surface area contributed by atoms with E-state index in [0.717, 1.165) is 52.9 Å². The number of aromatic nitrogens is 1. The lowest BCUT2D eigenvalue weighted by atomic mass is 9.49. The van der Waals surface area contributed by atoms with Crippen LogP contribution >= 0.6 is 15.9 Å². The van der Waals surface area contributed by atoms with Gasteiger partial charge in [0.2, 0.25) is 5.91 Å². The predicted octanol–water partition coefficient (Wildman–Crippen LogP) is 4.31. The standard InChI is InChI=1S/C17H21BrN2O/c1-10-2-14(9-19-15(10)18)20-16(21)17-6-11-3-12(7-17)5-13(4-11)8-17/h2,9,11-13H,3-8H2,1H3,(H,20,21). The number of rotatable bonds is 2. The first-order chi connectivity index (χ1) is 10.0. The molecular formula is C17H21BrN2O. The zero-order valence-corrected chi connectivity index (χ0v) is 13.9. The van der Waals surface area contributed by atoms with Crippen LogP contribution in [0.3, 0.4) is 0 Å². The predicted molar refractivity (Wildman–Crippen MR) is 85.9 cm³/mol. The zero-order chi connectivity index (χ0) is 14.6. The second-order valence-corrected chi connectivity index (χ2v) is 8.23. The molecule has 21 heavy (non-hydrogen) atoms. The summed E-state index contributed by atoms with van der Waals surface area (Å²) >= 11 is 3.40. The Hall–Kier alpha value is -0.900. The van der Waals surface area contributed by atoms with Crippen molar-refractivity contribution < 1.29 is 4.79 Å². The smallest absolute Gasteiger partial charge is 0.230 e. The number of anilines is 1. The molecule has 0 unspecified atom stereocenters. The SMILES string of the molecule is Cc1cc(NC(=O)C23CC4CC(CC(C4)C2)C3)cnc1Br. The highest BCUT2D eigenvalue weighted by atomic mass is 79.9. The van der Waals surface area contributed by atoms with Gasteiger partial charge in [-0.2, -0.15) is 0 Å². The maximum Gasteiger partial charge on any atom is 0.230 e. The van der Waals surface area contributed by atoms with E-state index in [1.54, 1.807) is 6.20 Å². The Morgan fingerprint density at radius 2 is 1.81 bits per heavy atom. The van der Waals surface area contributed by atoms with Crippen LogP contribution in [0.2, 0.25) is 0 Å². The Bertz CT molecular complexity index is 563. The molecule has 1 aromatic rings. The fourth-order valence-corrected chi connectivity index (χ4v) is 5.50. The minimum Gasteiger partial charge on any atom is -0.324 e. The molecule has 1 heterocycles. The average Bonchev–Trinajstić information content (AvgIpc) is 2.41. The minimum absolute atomic E-state index is 0.0876. The van der Waals surface area contributed by atoms with Gasteiger partial charge in [-0.3, -0.25) is 4.79 Å². The van der Waals surface area contributed by atoms with E-state index in [1.807, 2.05) is 13.0 Å². The molecule has 0 saturated heterocycles.